The Labute approximate surface area is 158 Å². The summed E-state index contributed by atoms with van der Waals surface area (Å²) in [6.07, 6.45) is 2.26. The van der Waals surface area contributed by atoms with Crippen LogP contribution >= 0.6 is 0 Å². The molecule has 1 aliphatic rings. The Balaban J connectivity index is 1.78. The zero-order valence-electron chi connectivity index (χ0n) is 16.8. The van der Waals surface area contributed by atoms with E-state index in [1.165, 1.54) is 11.1 Å². The Morgan fingerprint density at radius 2 is 2.04 bits per heavy atom. The molecule has 1 aromatic rings. The van der Waals surface area contributed by atoms with Gasteiger partial charge in [-0.1, -0.05) is 43.7 Å². The predicted molar refractivity (Wildman–Crippen MR) is 108 cm³/mol. The number of hydrogen-bond donors (Lipinski definition) is 2. The molecule has 0 amide bonds. The van der Waals surface area contributed by atoms with E-state index in [1.807, 2.05) is 0 Å². The Morgan fingerprint density at radius 3 is 2.69 bits per heavy atom. The molecule has 5 heteroatoms. The highest BCUT2D eigenvalue weighted by Gasteiger charge is 2.20. The van der Waals surface area contributed by atoms with Gasteiger partial charge in [-0.25, -0.2) is 0 Å². The molecule has 0 radical (unpaired) electrons. The van der Waals surface area contributed by atoms with Crippen molar-refractivity contribution in [3.63, 3.8) is 0 Å². The molecule has 146 valence electrons. The standard InChI is InChI=1S/C21H35N3O2/c1-5-22-20(23-12-6-13-26-19-11-14-25-15-19)24-16-21(3,4)18-9-7-17(2)8-10-18/h7-10,19H,5-6,11-16H2,1-4H3,(H2,22,23,24). The maximum absolute atomic E-state index is 5.80. The molecule has 5 nitrogen and oxygen atoms in total. The molecule has 0 aromatic heterocycles. The van der Waals surface area contributed by atoms with Gasteiger partial charge in [0.15, 0.2) is 5.96 Å². The van der Waals surface area contributed by atoms with Crippen molar-refractivity contribution in [1.29, 1.82) is 0 Å². The zero-order valence-corrected chi connectivity index (χ0v) is 16.8. The first kappa shape index (κ1) is 20.7. The average molecular weight is 362 g/mol. The number of guanidine groups is 1. The highest BCUT2D eigenvalue weighted by molar-refractivity contribution is 5.79. The van der Waals surface area contributed by atoms with E-state index in [9.17, 15) is 0 Å². The summed E-state index contributed by atoms with van der Waals surface area (Å²) in [5.74, 6) is 0.872. The molecule has 1 atom stereocenters. The van der Waals surface area contributed by atoms with Crippen molar-refractivity contribution in [1.82, 2.24) is 10.6 Å². The van der Waals surface area contributed by atoms with Gasteiger partial charge in [-0.2, -0.15) is 0 Å². The van der Waals surface area contributed by atoms with Crippen LogP contribution in [0.3, 0.4) is 0 Å². The molecule has 2 rings (SSSR count). The van der Waals surface area contributed by atoms with Crippen LogP contribution < -0.4 is 10.6 Å². The highest BCUT2D eigenvalue weighted by atomic mass is 16.5. The molecule has 1 fully saturated rings. The number of nitrogens with zero attached hydrogens (tertiary/aromatic N) is 1. The maximum atomic E-state index is 5.80. The monoisotopic (exact) mass is 361 g/mol. The van der Waals surface area contributed by atoms with E-state index in [4.69, 9.17) is 14.5 Å². The first-order valence-electron chi connectivity index (χ1n) is 9.80. The summed E-state index contributed by atoms with van der Waals surface area (Å²) in [6, 6.07) is 8.74. The van der Waals surface area contributed by atoms with Crippen molar-refractivity contribution >= 4 is 5.96 Å². The predicted octanol–water partition coefficient (Wildman–Crippen LogP) is 3.02. The molecule has 0 bridgehead atoms. The van der Waals surface area contributed by atoms with Crippen LogP contribution in [0.1, 0.15) is 44.7 Å². The lowest BCUT2D eigenvalue weighted by Crippen LogP contribution is -2.39. The summed E-state index contributed by atoms with van der Waals surface area (Å²) >= 11 is 0. The van der Waals surface area contributed by atoms with Crippen LogP contribution in [0, 0.1) is 6.92 Å². The lowest BCUT2D eigenvalue weighted by Gasteiger charge is -2.24. The number of aryl methyl sites for hydroxylation is 1. The smallest absolute Gasteiger partial charge is 0.191 e. The maximum Gasteiger partial charge on any atom is 0.191 e. The van der Waals surface area contributed by atoms with E-state index in [-0.39, 0.29) is 11.5 Å². The third kappa shape index (κ3) is 6.96. The van der Waals surface area contributed by atoms with Crippen LogP contribution in [0.2, 0.25) is 0 Å². The van der Waals surface area contributed by atoms with Crippen LogP contribution in [0.5, 0.6) is 0 Å². The molecule has 0 saturated carbocycles. The third-order valence-electron chi connectivity index (χ3n) is 4.66. The quantitative estimate of drug-likeness (QED) is 0.403. The van der Waals surface area contributed by atoms with Crippen LogP contribution in [0.25, 0.3) is 0 Å². The second-order valence-electron chi connectivity index (χ2n) is 7.58. The second-order valence-corrected chi connectivity index (χ2v) is 7.58. The molecule has 1 saturated heterocycles. The minimum Gasteiger partial charge on any atom is -0.379 e. The molecule has 2 N–H and O–H groups in total. The number of aliphatic imine (C=N–C) groups is 1. The molecular weight excluding hydrogens is 326 g/mol. The Hall–Kier alpha value is -1.59. The van der Waals surface area contributed by atoms with Crippen LogP contribution in [0.15, 0.2) is 29.3 Å². The number of benzene rings is 1. The van der Waals surface area contributed by atoms with Gasteiger partial charge in [0.25, 0.3) is 0 Å². The van der Waals surface area contributed by atoms with Crippen molar-refractivity contribution in [3.8, 4) is 0 Å². The number of hydrogen-bond acceptors (Lipinski definition) is 3. The number of ether oxygens (including phenoxy) is 2. The molecule has 26 heavy (non-hydrogen) atoms. The number of nitrogens with one attached hydrogen (secondary N) is 2. The van der Waals surface area contributed by atoms with Gasteiger partial charge in [0.05, 0.1) is 19.3 Å². The number of rotatable bonds is 9. The lowest BCUT2D eigenvalue weighted by molar-refractivity contribution is 0.0420. The van der Waals surface area contributed by atoms with Crippen molar-refractivity contribution in [2.24, 2.45) is 4.99 Å². The van der Waals surface area contributed by atoms with Gasteiger partial charge in [0.1, 0.15) is 0 Å². The SMILES string of the molecule is CCNC(=NCC(C)(C)c1ccc(C)cc1)NCCCOC1CCOC1. The second kappa shape index (κ2) is 10.5. The van der Waals surface area contributed by atoms with E-state index in [2.05, 4.69) is 62.6 Å². The fourth-order valence-electron chi connectivity index (χ4n) is 2.89. The largest absolute Gasteiger partial charge is 0.379 e. The summed E-state index contributed by atoms with van der Waals surface area (Å²) in [4.78, 5) is 4.79. The lowest BCUT2D eigenvalue weighted by atomic mass is 9.84. The molecule has 1 aromatic carbocycles. The minimum atomic E-state index is 0.00162. The average Bonchev–Trinajstić information content (AvgIpc) is 3.13. The summed E-state index contributed by atoms with van der Waals surface area (Å²) < 4.78 is 11.1. The van der Waals surface area contributed by atoms with Gasteiger partial charge < -0.3 is 20.1 Å². The Kier molecular flexibility index (Phi) is 8.39. The first-order valence-corrected chi connectivity index (χ1v) is 9.80. The van der Waals surface area contributed by atoms with E-state index < -0.39 is 0 Å². The zero-order chi connectivity index (χ0) is 18.8. The highest BCUT2D eigenvalue weighted by Crippen LogP contribution is 2.23. The summed E-state index contributed by atoms with van der Waals surface area (Å²) in [5, 5.41) is 6.73. The molecular formula is C21H35N3O2. The minimum absolute atomic E-state index is 0.00162. The van der Waals surface area contributed by atoms with Crippen molar-refractivity contribution in [2.45, 2.75) is 52.1 Å². The Bertz CT molecular complexity index is 549. The topological polar surface area (TPSA) is 54.9 Å². The summed E-state index contributed by atoms with van der Waals surface area (Å²) in [6.45, 7) is 13.5. The summed E-state index contributed by atoms with van der Waals surface area (Å²) in [5.41, 5.74) is 2.60. The van der Waals surface area contributed by atoms with Gasteiger partial charge in [-0.3, -0.25) is 4.99 Å². The van der Waals surface area contributed by atoms with Gasteiger partial charge >= 0.3 is 0 Å². The van der Waals surface area contributed by atoms with E-state index in [0.717, 1.165) is 58.3 Å². The van der Waals surface area contributed by atoms with Gasteiger partial charge in [0.2, 0.25) is 0 Å². The van der Waals surface area contributed by atoms with E-state index in [1.54, 1.807) is 0 Å². The molecule has 0 aliphatic carbocycles. The van der Waals surface area contributed by atoms with Crippen molar-refractivity contribution in [3.05, 3.63) is 35.4 Å². The molecule has 1 heterocycles. The first-order chi connectivity index (χ1) is 12.5. The molecule has 1 unspecified atom stereocenters. The van der Waals surface area contributed by atoms with E-state index >= 15 is 0 Å². The van der Waals surface area contributed by atoms with E-state index in [0.29, 0.717) is 0 Å². The van der Waals surface area contributed by atoms with Crippen LogP contribution in [-0.2, 0) is 14.9 Å². The molecule has 1 aliphatic heterocycles. The van der Waals surface area contributed by atoms with Crippen molar-refractivity contribution < 1.29 is 9.47 Å². The van der Waals surface area contributed by atoms with Gasteiger partial charge in [-0.05, 0) is 32.3 Å². The summed E-state index contributed by atoms with van der Waals surface area (Å²) in [7, 11) is 0. The van der Waals surface area contributed by atoms with Gasteiger partial charge in [0, 0.05) is 31.7 Å². The normalized spacial score (nSPS) is 18.2. The van der Waals surface area contributed by atoms with Gasteiger partial charge in [-0.15, -0.1) is 0 Å². The van der Waals surface area contributed by atoms with Crippen LogP contribution in [0.4, 0.5) is 0 Å². The Morgan fingerprint density at radius 1 is 1.27 bits per heavy atom. The third-order valence-corrected chi connectivity index (χ3v) is 4.66. The van der Waals surface area contributed by atoms with Crippen LogP contribution in [-0.4, -0.2) is 51.5 Å². The fourth-order valence-corrected chi connectivity index (χ4v) is 2.89. The van der Waals surface area contributed by atoms with Crippen molar-refractivity contribution in [2.75, 3.05) is 39.5 Å². The fraction of sp³-hybridized carbons (Fsp3) is 0.667. The molecule has 0 spiro atoms.